The summed E-state index contributed by atoms with van der Waals surface area (Å²) in [5.74, 6) is 1.20. The quantitative estimate of drug-likeness (QED) is 0.281. The van der Waals surface area contributed by atoms with E-state index in [1.807, 2.05) is 59.2 Å². The number of hydrogen-bond acceptors (Lipinski definition) is 5. The Morgan fingerprint density at radius 2 is 1.74 bits per heavy atom. The molecule has 1 amide bonds. The molecule has 158 valence electrons. The van der Waals surface area contributed by atoms with Gasteiger partial charge in [0.25, 0.3) is 0 Å². The van der Waals surface area contributed by atoms with E-state index in [9.17, 15) is 4.79 Å². The summed E-state index contributed by atoms with van der Waals surface area (Å²) in [4.78, 5) is 13.6. The molecule has 0 aliphatic heterocycles. The molecule has 0 aliphatic carbocycles. The average molecular weight is 449 g/mol. The van der Waals surface area contributed by atoms with Crippen molar-refractivity contribution in [1.29, 1.82) is 0 Å². The second-order valence-electron chi connectivity index (χ2n) is 7.05. The Bertz CT molecular complexity index is 1080. The largest absolute Gasteiger partial charge is 0.355 e. The van der Waals surface area contributed by atoms with Crippen molar-refractivity contribution in [3.8, 4) is 5.69 Å². The first-order valence-electron chi connectivity index (χ1n) is 10.2. The molecule has 1 N–H and O–H groups in total. The summed E-state index contributed by atoms with van der Waals surface area (Å²) in [6.07, 6.45) is 2.60. The van der Waals surface area contributed by atoms with Gasteiger partial charge in [0.1, 0.15) is 5.82 Å². The van der Waals surface area contributed by atoms with Gasteiger partial charge in [-0.25, -0.2) is 0 Å². The third kappa shape index (κ3) is 6.06. The van der Waals surface area contributed by atoms with Crippen LogP contribution in [0.3, 0.4) is 0 Å². The van der Waals surface area contributed by atoms with E-state index in [-0.39, 0.29) is 5.91 Å². The zero-order chi connectivity index (χ0) is 21.3. The van der Waals surface area contributed by atoms with Gasteiger partial charge in [-0.15, -0.1) is 21.5 Å². The van der Waals surface area contributed by atoms with E-state index in [0.29, 0.717) is 18.7 Å². The predicted molar refractivity (Wildman–Crippen MR) is 127 cm³/mol. The Hall–Kier alpha value is -2.90. The maximum Gasteiger partial charge on any atom is 0.230 e. The molecule has 2 aromatic carbocycles. The van der Waals surface area contributed by atoms with Gasteiger partial charge >= 0.3 is 0 Å². The Labute approximate surface area is 190 Å². The molecule has 0 saturated heterocycles. The summed E-state index contributed by atoms with van der Waals surface area (Å²) in [5, 5.41) is 14.6. The molecule has 2 aromatic heterocycles. The number of para-hydroxylation sites is 1. The van der Waals surface area contributed by atoms with Gasteiger partial charge in [0.05, 0.1) is 5.75 Å². The van der Waals surface area contributed by atoms with Crippen molar-refractivity contribution in [2.24, 2.45) is 0 Å². The Kier molecular flexibility index (Phi) is 7.52. The Morgan fingerprint density at radius 3 is 2.48 bits per heavy atom. The van der Waals surface area contributed by atoms with Crippen LogP contribution in [0.15, 0.2) is 83.3 Å². The van der Waals surface area contributed by atoms with Crippen LogP contribution in [0.2, 0.25) is 0 Å². The average Bonchev–Trinajstić information content (AvgIpc) is 3.47. The van der Waals surface area contributed by atoms with Crippen LogP contribution in [-0.2, 0) is 17.6 Å². The van der Waals surface area contributed by atoms with Crippen LogP contribution < -0.4 is 5.32 Å². The molecule has 0 fully saturated rings. The van der Waals surface area contributed by atoms with E-state index >= 15 is 0 Å². The van der Waals surface area contributed by atoms with Gasteiger partial charge in [-0.1, -0.05) is 66.4 Å². The molecule has 0 unspecified atom stereocenters. The number of thioether (sulfide) groups is 1. The van der Waals surface area contributed by atoms with Crippen molar-refractivity contribution in [3.63, 3.8) is 0 Å². The first kappa shape index (κ1) is 21.3. The van der Waals surface area contributed by atoms with E-state index in [0.717, 1.165) is 29.5 Å². The molecule has 4 rings (SSSR count). The van der Waals surface area contributed by atoms with Gasteiger partial charge in [0.15, 0.2) is 5.16 Å². The fraction of sp³-hybridized carbons (Fsp3) is 0.208. The highest BCUT2D eigenvalue weighted by atomic mass is 32.2. The van der Waals surface area contributed by atoms with Crippen molar-refractivity contribution < 1.29 is 4.79 Å². The Morgan fingerprint density at radius 1 is 0.968 bits per heavy atom. The van der Waals surface area contributed by atoms with Crippen LogP contribution in [0.5, 0.6) is 0 Å². The number of hydrogen-bond donors (Lipinski definition) is 1. The maximum atomic E-state index is 12.4. The smallest absolute Gasteiger partial charge is 0.230 e. The minimum Gasteiger partial charge on any atom is -0.355 e. The fourth-order valence-corrected chi connectivity index (χ4v) is 4.76. The van der Waals surface area contributed by atoms with Gasteiger partial charge in [-0.3, -0.25) is 9.36 Å². The van der Waals surface area contributed by atoms with Crippen LogP contribution in [0, 0.1) is 0 Å². The summed E-state index contributed by atoms with van der Waals surface area (Å²) in [6.45, 7) is 0.670. The van der Waals surface area contributed by atoms with Crippen molar-refractivity contribution >= 4 is 29.0 Å². The number of aryl methyl sites for hydroxylation is 1. The Balaban J connectivity index is 1.35. The molecule has 7 heteroatoms. The van der Waals surface area contributed by atoms with Crippen molar-refractivity contribution in [2.45, 2.75) is 24.4 Å². The van der Waals surface area contributed by atoms with Crippen molar-refractivity contribution in [3.05, 3.63) is 94.4 Å². The highest BCUT2D eigenvalue weighted by Crippen LogP contribution is 2.24. The number of thiophene rings is 1. The number of amides is 1. The lowest BCUT2D eigenvalue weighted by Crippen LogP contribution is -2.26. The first-order valence-corrected chi connectivity index (χ1v) is 12.1. The van der Waals surface area contributed by atoms with E-state index < -0.39 is 0 Å². The number of nitrogens with zero attached hydrogens (tertiary/aromatic N) is 3. The molecule has 0 atom stereocenters. The van der Waals surface area contributed by atoms with Gasteiger partial charge < -0.3 is 5.32 Å². The molecule has 5 nitrogen and oxygen atoms in total. The number of carbonyl (C=O) groups is 1. The first-order chi connectivity index (χ1) is 15.3. The highest BCUT2D eigenvalue weighted by molar-refractivity contribution is 7.99. The predicted octanol–water partition coefficient (Wildman–Crippen LogP) is 4.76. The number of aromatic nitrogens is 3. The van der Waals surface area contributed by atoms with Crippen LogP contribution >= 0.6 is 23.1 Å². The lowest BCUT2D eigenvalue weighted by atomic mass is 10.1. The molecule has 0 aliphatic rings. The zero-order valence-electron chi connectivity index (χ0n) is 17.1. The summed E-state index contributed by atoms with van der Waals surface area (Å²) in [7, 11) is 0. The highest BCUT2D eigenvalue weighted by Gasteiger charge is 2.16. The third-order valence-corrected chi connectivity index (χ3v) is 6.57. The van der Waals surface area contributed by atoms with E-state index in [1.165, 1.54) is 22.2 Å². The van der Waals surface area contributed by atoms with Crippen molar-refractivity contribution in [1.82, 2.24) is 20.1 Å². The van der Waals surface area contributed by atoms with E-state index in [1.54, 1.807) is 11.3 Å². The molecule has 4 aromatic rings. The standard InChI is InChI=1S/C24H24N4OS2/c29-23(25-15-7-11-19-9-3-1-4-10-19)18-31-24-27-26-22(17-21-14-8-16-30-21)28(24)20-12-5-2-6-13-20/h1-6,8-10,12-14,16H,7,11,15,17-18H2,(H,25,29). The SMILES string of the molecule is O=C(CSc1nnc(Cc2cccs2)n1-c1ccccc1)NCCCc1ccccc1. The minimum atomic E-state index is 0.0143. The molecular weight excluding hydrogens is 424 g/mol. The second-order valence-corrected chi connectivity index (χ2v) is 9.03. The monoisotopic (exact) mass is 448 g/mol. The molecule has 0 bridgehead atoms. The minimum absolute atomic E-state index is 0.0143. The number of carbonyl (C=O) groups excluding carboxylic acids is 1. The second kappa shape index (κ2) is 10.9. The lowest BCUT2D eigenvalue weighted by Gasteiger charge is -2.10. The van der Waals surface area contributed by atoms with Gasteiger partial charge in [-0.05, 0) is 42.0 Å². The summed E-state index contributed by atoms with van der Waals surface area (Å²) >= 11 is 3.13. The summed E-state index contributed by atoms with van der Waals surface area (Å²) in [5.41, 5.74) is 2.30. The zero-order valence-corrected chi connectivity index (χ0v) is 18.7. The molecule has 31 heavy (non-hydrogen) atoms. The van der Waals surface area contributed by atoms with Crippen LogP contribution in [0.1, 0.15) is 22.7 Å². The summed E-state index contributed by atoms with van der Waals surface area (Å²) < 4.78 is 2.05. The van der Waals surface area contributed by atoms with Gasteiger partial charge in [0, 0.05) is 23.5 Å². The van der Waals surface area contributed by atoms with Crippen LogP contribution in [0.25, 0.3) is 5.69 Å². The van der Waals surface area contributed by atoms with Crippen LogP contribution in [-0.4, -0.2) is 33.0 Å². The number of nitrogens with one attached hydrogen (secondary N) is 1. The fourth-order valence-electron chi connectivity index (χ4n) is 3.26. The topological polar surface area (TPSA) is 59.8 Å². The molecule has 0 radical (unpaired) electrons. The van der Waals surface area contributed by atoms with Gasteiger partial charge in [-0.2, -0.15) is 0 Å². The van der Waals surface area contributed by atoms with E-state index in [2.05, 4.69) is 39.1 Å². The normalized spacial score (nSPS) is 10.8. The number of benzene rings is 2. The van der Waals surface area contributed by atoms with E-state index in [4.69, 9.17) is 0 Å². The summed E-state index contributed by atoms with van der Waals surface area (Å²) in [6, 6.07) is 24.5. The maximum absolute atomic E-state index is 12.4. The lowest BCUT2D eigenvalue weighted by molar-refractivity contribution is -0.118. The molecule has 0 saturated carbocycles. The van der Waals surface area contributed by atoms with Crippen molar-refractivity contribution in [2.75, 3.05) is 12.3 Å². The molecular formula is C24H24N4OS2. The van der Waals surface area contributed by atoms with Crippen LogP contribution in [0.4, 0.5) is 0 Å². The third-order valence-electron chi connectivity index (χ3n) is 4.77. The molecule has 0 spiro atoms. The van der Waals surface area contributed by atoms with Gasteiger partial charge in [0.2, 0.25) is 5.91 Å². The number of rotatable bonds is 10. The molecule has 2 heterocycles.